The number of aromatic nitrogens is 3. The van der Waals surface area contributed by atoms with E-state index in [4.69, 9.17) is 4.74 Å². The molecule has 0 bridgehead atoms. The molecule has 0 saturated carbocycles. The highest BCUT2D eigenvalue weighted by molar-refractivity contribution is 8.00. The molecule has 1 amide bonds. The van der Waals surface area contributed by atoms with Crippen LogP contribution in [0.3, 0.4) is 0 Å². The average molecular weight is 459 g/mol. The van der Waals surface area contributed by atoms with Crippen molar-refractivity contribution in [3.63, 3.8) is 0 Å². The molecule has 0 saturated heterocycles. The minimum Gasteiger partial charge on any atom is -0.489 e. The van der Waals surface area contributed by atoms with Gasteiger partial charge in [-0.2, -0.15) is 0 Å². The van der Waals surface area contributed by atoms with E-state index in [0.717, 1.165) is 33.5 Å². The molecule has 1 N–H and O–H groups in total. The Bertz CT molecular complexity index is 1180. The van der Waals surface area contributed by atoms with Crippen LogP contribution in [0, 0.1) is 6.92 Å². The third-order valence-electron chi connectivity index (χ3n) is 5.11. The normalized spacial score (nSPS) is 11.7. The molecule has 1 aromatic heterocycles. The number of nitrogens with one attached hydrogen (secondary N) is 1. The Morgan fingerprint density at radius 3 is 2.24 bits per heavy atom. The number of hydrogen-bond acceptors (Lipinski definition) is 5. The van der Waals surface area contributed by atoms with Crippen LogP contribution in [0.2, 0.25) is 0 Å². The summed E-state index contributed by atoms with van der Waals surface area (Å²) in [7, 11) is 0. The summed E-state index contributed by atoms with van der Waals surface area (Å²) in [5.41, 5.74) is 2.99. The van der Waals surface area contributed by atoms with Gasteiger partial charge in [-0.15, -0.1) is 10.2 Å². The fourth-order valence-corrected chi connectivity index (χ4v) is 4.12. The fourth-order valence-electron chi connectivity index (χ4n) is 3.23. The second kappa shape index (κ2) is 10.8. The van der Waals surface area contributed by atoms with Gasteiger partial charge in [0.15, 0.2) is 5.16 Å². The van der Waals surface area contributed by atoms with Crippen LogP contribution in [0.1, 0.15) is 23.9 Å². The number of ether oxygens (including phenoxy) is 1. The summed E-state index contributed by atoms with van der Waals surface area (Å²) >= 11 is 1.40. The lowest BCUT2D eigenvalue weighted by atomic mass is 10.2. The maximum absolute atomic E-state index is 12.8. The molecule has 1 atom stereocenters. The molecule has 4 aromatic rings. The lowest BCUT2D eigenvalue weighted by molar-refractivity contribution is -0.115. The zero-order valence-corrected chi connectivity index (χ0v) is 19.5. The largest absolute Gasteiger partial charge is 0.489 e. The average Bonchev–Trinajstić information content (AvgIpc) is 3.18. The molecule has 0 aliphatic rings. The third-order valence-corrected chi connectivity index (χ3v) is 6.19. The molecule has 0 radical (unpaired) electrons. The van der Waals surface area contributed by atoms with Crippen molar-refractivity contribution in [3.8, 4) is 5.75 Å². The minimum absolute atomic E-state index is 0.0927. The quantitative estimate of drug-likeness (QED) is 0.343. The van der Waals surface area contributed by atoms with Gasteiger partial charge in [-0.1, -0.05) is 72.4 Å². The van der Waals surface area contributed by atoms with E-state index in [9.17, 15) is 4.79 Å². The number of benzene rings is 3. The molecular formula is C26H26N4O2S. The van der Waals surface area contributed by atoms with E-state index in [2.05, 4.69) is 27.6 Å². The molecule has 0 spiro atoms. The van der Waals surface area contributed by atoms with E-state index < -0.39 is 0 Å². The first kappa shape index (κ1) is 22.6. The summed E-state index contributed by atoms with van der Waals surface area (Å²) in [5, 5.41) is 11.8. The van der Waals surface area contributed by atoms with Crippen LogP contribution in [0.15, 0.2) is 90.1 Å². The molecular weight excluding hydrogens is 432 g/mol. The number of carbonyl (C=O) groups is 1. The Kier molecular flexibility index (Phi) is 7.42. The van der Waals surface area contributed by atoms with Gasteiger partial charge >= 0.3 is 0 Å². The number of nitrogens with zero attached hydrogens (tertiary/aromatic N) is 3. The monoisotopic (exact) mass is 458 g/mol. The van der Waals surface area contributed by atoms with Crippen LogP contribution >= 0.6 is 11.8 Å². The van der Waals surface area contributed by atoms with Crippen LogP contribution < -0.4 is 10.1 Å². The summed E-state index contributed by atoms with van der Waals surface area (Å²) in [4.78, 5) is 12.8. The first-order valence-corrected chi connectivity index (χ1v) is 11.6. The van der Waals surface area contributed by atoms with E-state index in [1.165, 1.54) is 11.8 Å². The van der Waals surface area contributed by atoms with Crippen molar-refractivity contribution in [1.29, 1.82) is 0 Å². The lowest BCUT2D eigenvalue weighted by Gasteiger charge is -2.14. The van der Waals surface area contributed by atoms with E-state index in [-0.39, 0.29) is 11.2 Å². The van der Waals surface area contributed by atoms with E-state index >= 15 is 0 Å². The zero-order valence-electron chi connectivity index (χ0n) is 18.6. The summed E-state index contributed by atoms with van der Waals surface area (Å²) in [6.45, 7) is 4.96. The van der Waals surface area contributed by atoms with Gasteiger partial charge in [0.25, 0.3) is 0 Å². The van der Waals surface area contributed by atoms with E-state index in [0.29, 0.717) is 13.2 Å². The maximum atomic E-state index is 12.8. The number of aryl methyl sites for hydroxylation is 1. The zero-order chi connectivity index (χ0) is 23.0. The van der Waals surface area contributed by atoms with Crippen LogP contribution in [0.4, 0.5) is 5.69 Å². The van der Waals surface area contributed by atoms with Crippen molar-refractivity contribution >= 4 is 23.4 Å². The third kappa shape index (κ3) is 6.23. The molecule has 0 aliphatic heterocycles. The highest BCUT2D eigenvalue weighted by atomic mass is 32.2. The number of thioether (sulfide) groups is 1. The molecule has 1 heterocycles. The van der Waals surface area contributed by atoms with Crippen molar-refractivity contribution in [2.45, 2.75) is 37.4 Å². The van der Waals surface area contributed by atoms with Gasteiger partial charge in [0.1, 0.15) is 18.2 Å². The molecule has 6 nitrogen and oxygen atoms in total. The second-order valence-corrected chi connectivity index (χ2v) is 8.96. The van der Waals surface area contributed by atoms with Crippen molar-refractivity contribution in [2.75, 3.05) is 5.32 Å². The Morgan fingerprint density at radius 1 is 0.939 bits per heavy atom. The smallest absolute Gasteiger partial charge is 0.237 e. The first-order chi connectivity index (χ1) is 16.1. The predicted molar refractivity (Wildman–Crippen MR) is 131 cm³/mol. The molecule has 1 unspecified atom stereocenters. The number of carbonyl (C=O) groups excluding carboxylic acids is 1. The maximum Gasteiger partial charge on any atom is 0.237 e. The SMILES string of the molecule is Cc1nnc(SC(C)C(=O)Nc2ccc(OCc3ccccc3)cc2)n1Cc1ccccc1. The molecule has 168 valence electrons. The standard InChI is InChI=1S/C26H26N4O2S/c1-19(33-26-29-28-20(2)30(26)17-21-9-5-3-6-10-21)25(31)27-23-13-15-24(16-14-23)32-18-22-11-7-4-8-12-22/h3-16,19H,17-18H2,1-2H3,(H,27,31). The van der Waals surface area contributed by atoms with Gasteiger partial charge in [0.05, 0.1) is 11.8 Å². The van der Waals surface area contributed by atoms with Crippen LogP contribution in [-0.2, 0) is 17.9 Å². The summed E-state index contributed by atoms with van der Waals surface area (Å²) in [6, 6.07) is 27.6. The highest BCUT2D eigenvalue weighted by Crippen LogP contribution is 2.25. The molecule has 3 aromatic carbocycles. The summed E-state index contributed by atoms with van der Waals surface area (Å²) in [5.74, 6) is 1.48. The Hall–Kier alpha value is -3.58. The minimum atomic E-state index is -0.336. The molecule has 0 aliphatic carbocycles. The molecule has 7 heteroatoms. The lowest BCUT2D eigenvalue weighted by Crippen LogP contribution is -2.23. The van der Waals surface area contributed by atoms with Crippen LogP contribution in [0.25, 0.3) is 0 Å². The molecule has 0 fully saturated rings. The Morgan fingerprint density at radius 2 is 1.58 bits per heavy atom. The fraction of sp³-hybridized carbons (Fsp3) is 0.192. The second-order valence-electron chi connectivity index (χ2n) is 7.65. The molecule has 33 heavy (non-hydrogen) atoms. The van der Waals surface area contributed by atoms with E-state index in [1.807, 2.05) is 91.2 Å². The molecule has 4 rings (SSSR count). The predicted octanol–water partition coefficient (Wildman–Crippen LogP) is 5.33. The van der Waals surface area contributed by atoms with Gasteiger partial charge in [-0.05, 0) is 49.2 Å². The highest BCUT2D eigenvalue weighted by Gasteiger charge is 2.19. The van der Waals surface area contributed by atoms with Gasteiger partial charge in [-0.25, -0.2) is 0 Å². The van der Waals surface area contributed by atoms with Crippen LogP contribution in [0.5, 0.6) is 5.75 Å². The summed E-state index contributed by atoms with van der Waals surface area (Å²) < 4.78 is 7.84. The van der Waals surface area contributed by atoms with Gasteiger partial charge in [-0.3, -0.25) is 4.79 Å². The van der Waals surface area contributed by atoms with E-state index in [1.54, 1.807) is 0 Å². The van der Waals surface area contributed by atoms with Gasteiger partial charge < -0.3 is 14.6 Å². The van der Waals surface area contributed by atoms with Gasteiger partial charge in [0.2, 0.25) is 5.91 Å². The summed E-state index contributed by atoms with van der Waals surface area (Å²) in [6.07, 6.45) is 0. The first-order valence-electron chi connectivity index (χ1n) is 10.8. The number of hydrogen-bond donors (Lipinski definition) is 1. The Balaban J connectivity index is 1.33. The number of amides is 1. The number of rotatable bonds is 9. The number of anilines is 1. The Labute approximate surface area is 198 Å². The van der Waals surface area contributed by atoms with Crippen molar-refractivity contribution in [1.82, 2.24) is 14.8 Å². The van der Waals surface area contributed by atoms with Gasteiger partial charge in [0, 0.05) is 5.69 Å². The van der Waals surface area contributed by atoms with Crippen molar-refractivity contribution < 1.29 is 9.53 Å². The van der Waals surface area contributed by atoms with Crippen molar-refractivity contribution in [2.24, 2.45) is 0 Å². The van der Waals surface area contributed by atoms with Crippen molar-refractivity contribution in [3.05, 3.63) is 102 Å². The topological polar surface area (TPSA) is 69.0 Å². The van der Waals surface area contributed by atoms with Crippen LogP contribution in [-0.4, -0.2) is 25.9 Å².